The first kappa shape index (κ1) is 23.6. The number of hydrogen-bond donors (Lipinski definition) is 2. The van der Waals surface area contributed by atoms with Gasteiger partial charge in [-0.3, -0.25) is 9.59 Å². The van der Waals surface area contributed by atoms with E-state index in [1.165, 1.54) is 22.7 Å². The van der Waals surface area contributed by atoms with Gasteiger partial charge in [-0.05, 0) is 24.2 Å². The average Bonchev–Trinajstić information content (AvgIpc) is 3.39. The number of thiol groups is 1. The van der Waals surface area contributed by atoms with Gasteiger partial charge in [0, 0.05) is 30.0 Å². The molecule has 1 aliphatic rings. The summed E-state index contributed by atoms with van der Waals surface area (Å²) < 4.78 is 5.64. The van der Waals surface area contributed by atoms with Crippen molar-refractivity contribution in [3.63, 3.8) is 0 Å². The summed E-state index contributed by atoms with van der Waals surface area (Å²) in [6.07, 6.45) is 4.49. The molecule has 4 bridgehead atoms. The van der Waals surface area contributed by atoms with Gasteiger partial charge in [0.2, 0.25) is 0 Å². The normalized spacial score (nSPS) is 20.8. The molecule has 1 N–H and O–H groups in total. The first-order chi connectivity index (χ1) is 14.9. The molecular weight excluding hydrogens is 454 g/mol. The number of cyclic esters (lactones) is 1. The van der Waals surface area contributed by atoms with Gasteiger partial charge < -0.3 is 10.1 Å². The first-order valence-electron chi connectivity index (χ1n) is 10.1. The number of carbonyl (C=O) groups is 3. The van der Waals surface area contributed by atoms with E-state index in [1.54, 1.807) is 11.5 Å². The molecule has 1 amide bonds. The number of allylic oxidation sites excluding steroid dienone is 1. The molecule has 0 saturated carbocycles. The Kier molecular flexibility index (Phi) is 8.39. The highest BCUT2D eigenvalue weighted by molar-refractivity contribution is 7.80. The molecule has 2 aromatic rings. The van der Waals surface area contributed by atoms with Gasteiger partial charge in [-0.2, -0.15) is 12.6 Å². The van der Waals surface area contributed by atoms with E-state index < -0.39 is 24.0 Å². The van der Waals surface area contributed by atoms with Crippen LogP contribution in [0, 0.1) is 5.92 Å². The second-order valence-corrected chi connectivity index (χ2v) is 9.77. The minimum atomic E-state index is -0.854. The van der Waals surface area contributed by atoms with Crippen LogP contribution in [-0.4, -0.2) is 45.5 Å². The summed E-state index contributed by atoms with van der Waals surface area (Å²) in [6.45, 7) is 3.65. The Labute approximate surface area is 194 Å². The lowest BCUT2D eigenvalue weighted by Crippen LogP contribution is -2.46. The fourth-order valence-electron chi connectivity index (χ4n) is 3.00. The SMILES string of the molecule is CC(C)C1NC(=O)c2csc(n2)-c2csc(n2)CCC(=O)C[C@@H](/C=C/CCS)OC1=O. The first-order valence-corrected chi connectivity index (χ1v) is 12.5. The van der Waals surface area contributed by atoms with Crippen LogP contribution in [0.2, 0.25) is 0 Å². The fraction of sp³-hybridized carbons (Fsp3) is 0.476. The number of aryl methyl sites for hydroxylation is 1. The quantitative estimate of drug-likeness (QED) is 0.394. The number of Topliss-reactive ketones (excluding diaryl/α,β-unsaturated/α-hetero) is 1. The Morgan fingerprint density at radius 2 is 1.97 bits per heavy atom. The molecule has 0 radical (unpaired) electrons. The number of amides is 1. The summed E-state index contributed by atoms with van der Waals surface area (Å²) >= 11 is 6.96. The smallest absolute Gasteiger partial charge is 0.329 e. The molecule has 3 heterocycles. The van der Waals surface area contributed by atoms with Crippen molar-refractivity contribution in [2.75, 3.05) is 5.75 Å². The Morgan fingerprint density at radius 3 is 2.71 bits per heavy atom. The molecule has 0 spiro atoms. The monoisotopic (exact) mass is 479 g/mol. The fourth-order valence-corrected chi connectivity index (χ4v) is 4.77. The van der Waals surface area contributed by atoms with Crippen LogP contribution in [0.25, 0.3) is 10.7 Å². The predicted molar refractivity (Wildman–Crippen MR) is 125 cm³/mol. The van der Waals surface area contributed by atoms with Crippen LogP contribution < -0.4 is 5.32 Å². The molecular formula is C21H25N3O4S3. The highest BCUT2D eigenvalue weighted by Crippen LogP contribution is 2.26. The largest absolute Gasteiger partial charge is 0.456 e. The van der Waals surface area contributed by atoms with Crippen LogP contribution in [0.5, 0.6) is 0 Å². The van der Waals surface area contributed by atoms with E-state index >= 15 is 0 Å². The summed E-state index contributed by atoms with van der Waals surface area (Å²) in [4.78, 5) is 47.1. The standard InChI is InChI=1S/C21H25N3O4S3/c1-12(2)18-21(27)28-14(5-3-4-8-29)9-13(25)6-7-17-22-16(11-30-17)20-23-15(10-31-20)19(26)24-18/h3,5,10-12,14,18,29H,4,6-9H2,1-2H3,(H,24,26)/b5-3+/t14-,18?/m1/s1. The van der Waals surface area contributed by atoms with Crippen molar-refractivity contribution in [2.24, 2.45) is 5.92 Å². The van der Waals surface area contributed by atoms with Crippen LogP contribution >= 0.6 is 35.3 Å². The third-order valence-electron chi connectivity index (χ3n) is 4.68. The van der Waals surface area contributed by atoms with Gasteiger partial charge in [0.05, 0.1) is 5.01 Å². The van der Waals surface area contributed by atoms with Crippen LogP contribution in [0.1, 0.15) is 48.6 Å². The molecule has 0 aliphatic carbocycles. The van der Waals surface area contributed by atoms with E-state index in [1.807, 2.05) is 25.3 Å². The van der Waals surface area contributed by atoms with Crippen LogP contribution in [0.4, 0.5) is 0 Å². The van der Waals surface area contributed by atoms with Crippen molar-refractivity contribution in [3.8, 4) is 10.7 Å². The van der Waals surface area contributed by atoms with Crippen molar-refractivity contribution in [3.05, 3.63) is 33.6 Å². The molecule has 166 valence electrons. The maximum Gasteiger partial charge on any atom is 0.329 e. The Morgan fingerprint density at radius 1 is 1.19 bits per heavy atom. The molecule has 2 atom stereocenters. The highest BCUT2D eigenvalue weighted by Gasteiger charge is 2.29. The maximum atomic E-state index is 12.9. The number of fused-ring (bicyclic) bond motifs is 5. The summed E-state index contributed by atoms with van der Waals surface area (Å²) in [7, 11) is 0. The van der Waals surface area contributed by atoms with Crippen molar-refractivity contribution in [1.82, 2.24) is 15.3 Å². The number of carbonyl (C=O) groups excluding carboxylic acids is 3. The molecule has 0 saturated heterocycles. The van der Waals surface area contributed by atoms with E-state index in [4.69, 9.17) is 4.74 Å². The van der Waals surface area contributed by atoms with Crippen molar-refractivity contribution < 1.29 is 19.1 Å². The van der Waals surface area contributed by atoms with Crippen molar-refractivity contribution >= 4 is 53.0 Å². The van der Waals surface area contributed by atoms with Crippen LogP contribution in [-0.2, 0) is 20.7 Å². The maximum absolute atomic E-state index is 12.9. The Balaban J connectivity index is 1.90. The van der Waals surface area contributed by atoms with Gasteiger partial charge in [0.25, 0.3) is 5.91 Å². The lowest BCUT2D eigenvalue weighted by Gasteiger charge is -2.23. The van der Waals surface area contributed by atoms with Crippen LogP contribution in [0.15, 0.2) is 22.9 Å². The third-order valence-corrected chi connectivity index (χ3v) is 6.71. The lowest BCUT2D eigenvalue weighted by atomic mass is 10.0. The topological polar surface area (TPSA) is 98.2 Å². The van der Waals surface area contributed by atoms with E-state index in [-0.39, 0.29) is 23.8 Å². The average molecular weight is 480 g/mol. The molecule has 10 heteroatoms. The predicted octanol–water partition coefficient (Wildman–Crippen LogP) is 3.71. The number of ketones is 1. The van der Waals surface area contributed by atoms with Crippen molar-refractivity contribution in [1.29, 1.82) is 0 Å². The number of esters is 1. The number of nitrogens with one attached hydrogen (secondary N) is 1. The van der Waals surface area contributed by atoms with E-state index in [9.17, 15) is 14.4 Å². The molecule has 0 fully saturated rings. The number of nitrogens with zero attached hydrogens (tertiary/aromatic N) is 2. The minimum Gasteiger partial charge on any atom is -0.456 e. The highest BCUT2D eigenvalue weighted by atomic mass is 32.1. The molecule has 0 aromatic carbocycles. The summed E-state index contributed by atoms with van der Waals surface area (Å²) in [6, 6.07) is -0.854. The number of aromatic nitrogens is 2. The van der Waals surface area contributed by atoms with Gasteiger partial charge in [-0.25, -0.2) is 14.8 Å². The molecule has 2 aromatic heterocycles. The number of hydrogen-bond acceptors (Lipinski definition) is 9. The van der Waals surface area contributed by atoms with Gasteiger partial charge in [0.15, 0.2) is 0 Å². The van der Waals surface area contributed by atoms with Gasteiger partial charge >= 0.3 is 5.97 Å². The number of ether oxygens (including phenoxy) is 1. The van der Waals surface area contributed by atoms with Gasteiger partial charge in [0.1, 0.15) is 34.3 Å². The van der Waals surface area contributed by atoms with Crippen molar-refractivity contribution in [2.45, 2.75) is 51.7 Å². The number of thiazole rings is 2. The second kappa shape index (κ2) is 11.0. The molecule has 1 aliphatic heterocycles. The molecule has 7 nitrogen and oxygen atoms in total. The zero-order valence-electron chi connectivity index (χ0n) is 17.4. The summed E-state index contributed by atoms with van der Waals surface area (Å²) in [5.41, 5.74) is 0.927. The molecule has 1 unspecified atom stereocenters. The molecule has 3 rings (SSSR count). The second-order valence-electron chi connectivity index (χ2n) is 7.52. The third kappa shape index (κ3) is 6.47. The lowest BCUT2D eigenvalue weighted by molar-refractivity contribution is -0.151. The Hall–Kier alpha value is -2.04. The van der Waals surface area contributed by atoms with E-state index in [0.29, 0.717) is 35.7 Å². The van der Waals surface area contributed by atoms with Gasteiger partial charge in [-0.15, -0.1) is 22.7 Å². The molecule has 31 heavy (non-hydrogen) atoms. The zero-order chi connectivity index (χ0) is 22.4. The zero-order valence-corrected chi connectivity index (χ0v) is 19.9. The van der Waals surface area contributed by atoms with E-state index in [0.717, 1.165) is 5.01 Å². The van der Waals surface area contributed by atoms with Crippen LogP contribution in [0.3, 0.4) is 0 Å². The Bertz CT molecular complexity index is 967. The number of rotatable bonds is 4. The van der Waals surface area contributed by atoms with E-state index in [2.05, 4.69) is 27.9 Å². The minimum absolute atomic E-state index is 0.0150. The summed E-state index contributed by atoms with van der Waals surface area (Å²) in [5, 5.41) is 7.72. The summed E-state index contributed by atoms with van der Waals surface area (Å²) in [5.74, 6) is -0.579. The van der Waals surface area contributed by atoms with Gasteiger partial charge in [-0.1, -0.05) is 19.9 Å².